The van der Waals surface area contributed by atoms with Gasteiger partial charge in [0.25, 0.3) is 5.91 Å². The molecule has 0 saturated heterocycles. The van der Waals surface area contributed by atoms with E-state index >= 15 is 0 Å². The number of rotatable bonds is 9. The van der Waals surface area contributed by atoms with Gasteiger partial charge in [-0.1, -0.05) is 25.5 Å². The molecule has 1 N–H and O–H groups in total. The van der Waals surface area contributed by atoms with Crippen molar-refractivity contribution in [1.82, 2.24) is 15.3 Å². The first-order chi connectivity index (χ1) is 11.7. The Kier molecular flexibility index (Phi) is 7.72. The number of carbonyl (C=O) groups is 1. The van der Waals surface area contributed by atoms with Crippen LogP contribution in [0.1, 0.15) is 69.3 Å². The van der Waals surface area contributed by atoms with Crippen LogP contribution < -0.4 is 10.2 Å². The zero-order valence-electron chi connectivity index (χ0n) is 15.1. The summed E-state index contributed by atoms with van der Waals surface area (Å²) < 4.78 is 0. The second-order valence-corrected chi connectivity index (χ2v) is 6.34. The van der Waals surface area contributed by atoms with Crippen molar-refractivity contribution >= 4 is 11.9 Å². The van der Waals surface area contributed by atoms with Gasteiger partial charge in [-0.05, 0) is 51.0 Å². The zero-order valence-corrected chi connectivity index (χ0v) is 15.1. The summed E-state index contributed by atoms with van der Waals surface area (Å²) in [7, 11) is 0. The van der Waals surface area contributed by atoms with Crippen LogP contribution >= 0.6 is 0 Å². The van der Waals surface area contributed by atoms with Crippen LogP contribution in [0.2, 0.25) is 0 Å². The number of carbonyl (C=O) groups excluding carboxylic acids is 1. The molecule has 0 radical (unpaired) electrons. The third-order valence-corrected chi connectivity index (χ3v) is 4.26. The Morgan fingerprint density at radius 2 is 2.04 bits per heavy atom. The summed E-state index contributed by atoms with van der Waals surface area (Å²) in [6, 6.07) is 1.69. The lowest BCUT2D eigenvalue weighted by molar-refractivity contribution is 0.0949. The van der Waals surface area contributed by atoms with E-state index in [1.165, 1.54) is 31.3 Å². The predicted octanol–water partition coefficient (Wildman–Crippen LogP) is 3.72. The largest absolute Gasteiger partial charge is 0.350 e. The van der Waals surface area contributed by atoms with E-state index in [9.17, 15) is 4.79 Å². The van der Waals surface area contributed by atoms with Crippen molar-refractivity contribution in [3.8, 4) is 0 Å². The molecule has 0 saturated carbocycles. The molecule has 1 aliphatic carbocycles. The van der Waals surface area contributed by atoms with Gasteiger partial charge in [0, 0.05) is 25.8 Å². The van der Waals surface area contributed by atoms with Gasteiger partial charge in [0.05, 0.1) is 0 Å². The molecule has 0 bridgehead atoms. The Balaban J connectivity index is 1.91. The molecular weight excluding hydrogens is 300 g/mol. The van der Waals surface area contributed by atoms with Crippen molar-refractivity contribution in [2.24, 2.45) is 0 Å². The minimum atomic E-state index is -0.108. The molecule has 0 spiro atoms. The van der Waals surface area contributed by atoms with Gasteiger partial charge in [-0.25, -0.2) is 9.97 Å². The van der Waals surface area contributed by atoms with Crippen LogP contribution in [-0.2, 0) is 0 Å². The van der Waals surface area contributed by atoms with Crippen LogP contribution in [0.3, 0.4) is 0 Å². The van der Waals surface area contributed by atoms with E-state index in [0.29, 0.717) is 18.2 Å². The average Bonchev–Trinajstić information content (AvgIpc) is 2.62. The molecule has 2 rings (SSSR count). The van der Waals surface area contributed by atoms with E-state index in [2.05, 4.69) is 40.1 Å². The normalized spacial score (nSPS) is 14.2. The van der Waals surface area contributed by atoms with Gasteiger partial charge in [-0.2, -0.15) is 0 Å². The van der Waals surface area contributed by atoms with E-state index in [1.54, 1.807) is 12.3 Å². The zero-order chi connectivity index (χ0) is 17.2. The first-order valence-electron chi connectivity index (χ1n) is 9.28. The second-order valence-electron chi connectivity index (χ2n) is 6.34. The summed E-state index contributed by atoms with van der Waals surface area (Å²) in [6.07, 6.45) is 12.0. The Morgan fingerprint density at radius 1 is 1.25 bits per heavy atom. The molecule has 0 aliphatic heterocycles. The van der Waals surface area contributed by atoms with Crippen LogP contribution in [0.15, 0.2) is 23.9 Å². The Labute approximate surface area is 145 Å². The van der Waals surface area contributed by atoms with Gasteiger partial charge in [0.15, 0.2) is 0 Å². The summed E-state index contributed by atoms with van der Waals surface area (Å²) in [5.41, 5.74) is 1.93. The molecular formula is C19H30N4O. The number of nitrogens with one attached hydrogen (secondary N) is 1. The van der Waals surface area contributed by atoms with Gasteiger partial charge >= 0.3 is 0 Å². The lowest BCUT2D eigenvalue weighted by atomic mass is 9.97. The first kappa shape index (κ1) is 18.4. The number of hydrogen-bond donors (Lipinski definition) is 1. The molecule has 24 heavy (non-hydrogen) atoms. The lowest BCUT2D eigenvalue weighted by Gasteiger charge is -2.21. The highest BCUT2D eigenvalue weighted by molar-refractivity contribution is 5.92. The third kappa shape index (κ3) is 5.62. The molecule has 0 unspecified atom stereocenters. The van der Waals surface area contributed by atoms with Crippen LogP contribution in [0.25, 0.3) is 0 Å². The van der Waals surface area contributed by atoms with Gasteiger partial charge in [-0.3, -0.25) is 4.79 Å². The molecule has 1 amide bonds. The van der Waals surface area contributed by atoms with E-state index in [-0.39, 0.29) is 5.91 Å². The third-order valence-electron chi connectivity index (χ3n) is 4.26. The van der Waals surface area contributed by atoms with Crippen molar-refractivity contribution in [2.75, 3.05) is 24.5 Å². The Hall–Kier alpha value is -1.91. The topological polar surface area (TPSA) is 58.1 Å². The average molecular weight is 330 g/mol. The minimum Gasteiger partial charge on any atom is -0.350 e. The fourth-order valence-corrected chi connectivity index (χ4v) is 3.04. The van der Waals surface area contributed by atoms with Crippen LogP contribution in [-0.4, -0.2) is 35.5 Å². The monoisotopic (exact) mass is 330 g/mol. The maximum absolute atomic E-state index is 12.3. The molecule has 5 nitrogen and oxygen atoms in total. The lowest BCUT2D eigenvalue weighted by Crippen LogP contribution is -2.29. The Bertz CT molecular complexity index is 550. The highest BCUT2D eigenvalue weighted by Crippen LogP contribution is 2.19. The smallest absolute Gasteiger partial charge is 0.270 e. The Morgan fingerprint density at radius 3 is 2.71 bits per heavy atom. The second kappa shape index (κ2) is 10.1. The molecule has 0 fully saturated rings. The van der Waals surface area contributed by atoms with Crippen molar-refractivity contribution in [3.63, 3.8) is 0 Å². The summed E-state index contributed by atoms with van der Waals surface area (Å²) in [5.74, 6) is 0.546. The molecule has 1 aromatic rings. The summed E-state index contributed by atoms with van der Waals surface area (Å²) in [6.45, 7) is 6.77. The first-order valence-corrected chi connectivity index (χ1v) is 9.28. The summed E-state index contributed by atoms with van der Waals surface area (Å²) in [5, 5.41) is 2.99. The number of amides is 1. The number of anilines is 1. The van der Waals surface area contributed by atoms with E-state index in [1.807, 2.05) is 0 Å². The predicted molar refractivity (Wildman–Crippen MR) is 98.3 cm³/mol. The number of allylic oxidation sites excluding steroid dienone is 1. The SMILES string of the molecule is CCCN(CCC)c1nccc(C(=O)NCCC2=CCCCC2)n1. The fourth-order valence-electron chi connectivity index (χ4n) is 3.04. The van der Waals surface area contributed by atoms with E-state index in [0.717, 1.165) is 32.4 Å². The van der Waals surface area contributed by atoms with E-state index < -0.39 is 0 Å². The van der Waals surface area contributed by atoms with Gasteiger partial charge in [0.2, 0.25) is 5.95 Å². The van der Waals surface area contributed by atoms with Crippen molar-refractivity contribution < 1.29 is 4.79 Å². The fraction of sp³-hybridized carbons (Fsp3) is 0.632. The molecule has 1 heterocycles. The van der Waals surface area contributed by atoms with Gasteiger partial charge in [0.1, 0.15) is 5.69 Å². The maximum atomic E-state index is 12.3. The summed E-state index contributed by atoms with van der Waals surface area (Å²) >= 11 is 0. The highest BCUT2D eigenvalue weighted by atomic mass is 16.1. The molecule has 0 atom stereocenters. The quantitative estimate of drug-likeness (QED) is 0.701. The van der Waals surface area contributed by atoms with E-state index in [4.69, 9.17) is 0 Å². The van der Waals surface area contributed by atoms with Gasteiger partial charge < -0.3 is 10.2 Å². The summed E-state index contributed by atoms with van der Waals surface area (Å²) in [4.78, 5) is 23.3. The van der Waals surface area contributed by atoms with Crippen LogP contribution in [0.4, 0.5) is 5.95 Å². The molecule has 5 heteroatoms. The molecule has 132 valence electrons. The highest BCUT2D eigenvalue weighted by Gasteiger charge is 2.13. The molecule has 0 aromatic carbocycles. The van der Waals surface area contributed by atoms with Crippen molar-refractivity contribution in [1.29, 1.82) is 0 Å². The molecule has 1 aromatic heterocycles. The maximum Gasteiger partial charge on any atom is 0.270 e. The molecule has 1 aliphatic rings. The standard InChI is InChI=1S/C19H30N4O/c1-3-14-23(15-4-2)19-21-13-11-17(22-19)18(24)20-12-10-16-8-6-5-7-9-16/h8,11,13H,3-7,9-10,12,14-15H2,1-2H3,(H,20,24). The van der Waals surface area contributed by atoms with Crippen LogP contribution in [0.5, 0.6) is 0 Å². The van der Waals surface area contributed by atoms with Crippen molar-refractivity contribution in [3.05, 3.63) is 29.6 Å². The number of aromatic nitrogens is 2. The number of nitrogens with zero attached hydrogens (tertiary/aromatic N) is 3. The van der Waals surface area contributed by atoms with Crippen LogP contribution in [0, 0.1) is 0 Å². The number of hydrogen-bond acceptors (Lipinski definition) is 4. The minimum absolute atomic E-state index is 0.108. The van der Waals surface area contributed by atoms with Crippen molar-refractivity contribution in [2.45, 2.75) is 58.8 Å². The van der Waals surface area contributed by atoms with Gasteiger partial charge in [-0.15, -0.1) is 0 Å².